The summed E-state index contributed by atoms with van der Waals surface area (Å²) in [4.78, 5) is 20.1. The smallest absolute Gasteiger partial charge is 0.326 e. The number of aliphatic carboxylic acids is 2. The SMILES string of the molecule is NC(C(=O)O)C(O)(O)CC(=O)O. The summed E-state index contributed by atoms with van der Waals surface area (Å²) in [5.41, 5.74) is 4.78. The molecule has 6 N–H and O–H groups in total. The van der Waals surface area contributed by atoms with Crippen LogP contribution in [0.4, 0.5) is 0 Å². The number of nitrogens with two attached hydrogens (primary N) is 1. The highest BCUT2D eigenvalue weighted by Crippen LogP contribution is 2.09. The molecular formula is C5H9NO6. The molecule has 0 aromatic heterocycles. The molecule has 0 heterocycles. The van der Waals surface area contributed by atoms with Gasteiger partial charge in [0.2, 0.25) is 0 Å². The van der Waals surface area contributed by atoms with Crippen molar-refractivity contribution in [1.29, 1.82) is 0 Å². The second kappa shape index (κ2) is 3.48. The number of carboxylic acid groups (broad SMARTS) is 2. The zero-order valence-corrected chi connectivity index (χ0v) is 5.97. The van der Waals surface area contributed by atoms with Crippen molar-refractivity contribution >= 4 is 11.9 Å². The number of hydrogen-bond donors (Lipinski definition) is 5. The molecule has 0 saturated carbocycles. The first-order valence-electron chi connectivity index (χ1n) is 2.92. The standard InChI is InChI=1S/C5H9NO6/c6-3(4(9)10)5(11,12)1-2(7)8/h3,11-12H,1,6H2,(H,7,8)(H,9,10). The van der Waals surface area contributed by atoms with Gasteiger partial charge in [0, 0.05) is 0 Å². The summed E-state index contributed by atoms with van der Waals surface area (Å²) in [6, 6.07) is -2.03. The predicted molar refractivity (Wildman–Crippen MR) is 35.0 cm³/mol. The summed E-state index contributed by atoms with van der Waals surface area (Å²) in [6.45, 7) is 0. The molecule has 7 nitrogen and oxygen atoms in total. The Morgan fingerprint density at radius 1 is 1.33 bits per heavy atom. The normalized spacial score (nSPS) is 13.9. The van der Waals surface area contributed by atoms with Gasteiger partial charge in [-0.2, -0.15) is 0 Å². The fourth-order valence-electron chi connectivity index (χ4n) is 0.530. The summed E-state index contributed by atoms with van der Waals surface area (Å²) in [6.07, 6.45) is -1.14. The summed E-state index contributed by atoms with van der Waals surface area (Å²) < 4.78 is 0. The van der Waals surface area contributed by atoms with Crippen LogP contribution in [0.3, 0.4) is 0 Å². The van der Waals surface area contributed by atoms with E-state index in [2.05, 4.69) is 0 Å². The quantitative estimate of drug-likeness (QED) is 0.301. The van der Waals surface area contributed by atoms with Gasteiger partial charge in [-0.1, -0.05) is 0 Å². The lowest BCUT2D eigenvalue weighted by atomic mass is 10.1. The van der Waals surface area contributed by atoms with Crippen molar-refractivity contribution in [3.8, 4) is 0 Å². The van der Waals surface area contributed by atoms with Crippen molar-refractivity contribution < 1.29 is 30.0 Å². The van der Waals surface area contributed by atoms with Gasteiger partial charge < -0.3 is 26.2 Å². The van der Waals surface area contributed by atoms with Crippen LogP contribution in [0.2, 0.25) is 0 Å². The van der Waals surface area contributed by atoms with Crippen molar-refractivity contribution in [3.63, 3.8) is 0 Å². The summed E-state index contributed by atoms with van der Waals surface area (Å²) in [5, 5.41) is 33.9. The van der Waals surface area contributed by atoms with E-state index in [0.29, 0.717) is 0 Å². The van der Waals surface area contributed by atoms with E-state index in [4.69, 9.17) is 26.2 Å². The van der Waals surface area contributed by atoms with Gasteiger partial charge in [0.25, 0.3) is 0 Å². The molecule has 0 aromatic carbocycles. The van der Waals surface area contributed by atoms with E-state index in [0.717, 1.165) is 0 Å². The molecule has 0 bridgehead atoms. The Morgan fingerprint density at radius 3 is 2.00 bits per heavy atom. The second-order valence-corrected chi connectivity index (χ2v) is 2.26. The first kappa shape index (κ1) is 10.8. The lowest BCUT2D eigenvalue weighted by Gasteiger charge is -2.23. The minimum Gasteiger partial charge on any atom is -0.481 e. The van der Waals surface area contributed by atoms with Crippen molar-refractivity contribution in [2.45, 2.75) is 18.2 Å². The first-order chi connectivity index (χ1) is 5.27. The average Bonchev–Trinajstić information content (AvgIpc) is 1.82. The van der Waals surface area contributed by atoms with E-state index in [-0.39, 0.29) is 0 Å². The van der Waals surface area contributed by atoms with Gasteiger partial charge in [-0.15, -0.1) is 0 Å². The molecule has 70 valence electrons. The molecule has 0 radical (unpaired) electrons. The summed E-state index contributed by atoms with van der Waals surface area (Å²) in [5.74, 6) is -6.14. The minimum absolute atomic E-state index is 1.14. The predicted octanol–water partition coefficient (Wildman–Crippen LogP) is -2.45. The van der Waals surface area contributed by atoms with E-state index in [9.17, 15) is 9.59 Å². The molecule has 7 heteroatoms. The summed E-state index contributed by atoms with van der Waals surface area (Å²) >= 11 is 0. The largest absolute Gasteiger partial charge is 0.481 e. The van der Waals surface area contributed by atoms with E-state index in [1.165, 1.54) is 0 Å². The van der Waals surface area contributed by atoms with Gasteiger partial charge in [0.05, 0.1) is 0 Å². The van der Waals surface area contributed by atoms with Gasteiger partial charge in [-0.3, -0.25) is 9.59 Å². The van der Waals surface area contributed by atoms with Crippen LogP contribution in [0.25, 0.3) is 0 Å². The summed E-state index contributed by atoms with van der Waals surface area (Å²) in [7, 11) is 0. The van der Waals surface area contributed by atoms with Gasteiger partial charge in [0.15, 0.2) is 11.8 Å². The van der Waals surface area contributed by atoms with E-state index < -0.39 is 30.2 Å². The Bertz CT molecular complexity index is 200. The van der Waals surface area contributed by atoms with E-state index in [1.807, 2.05) is 0 Å². The molecule has 0 rings (SSSR count). The Kier molecular flexibility index (Phi) is 3.14. The maximum absolute atomic E-state index is 10.1. The van der Waals surface area contributed by atoms with Crippen LogP contribution >= 0.6 is 0 Å². The number of hydrogen-bond acceptors (Lipinski definition) is 5. The molecule has 0 spiro atoms. The molecule has 0 aliphatic rings. The highest BCUT2D eigenvalue weighted by Gasteiger charge is 2.39. The lowest BCUT2D eigenvalue weighted by molar-refractivity contribution is -0.198. The lowest BCUT2D eigenvalue weighted by Crippen LogP contribution is -2.53. The first-order valence-corrected chi connectivity index (χ1v) is 2.92. The van der Waals surface area contributed by atoms with E-state index in [1.54, 1.807) is 0 Å². The fourth-order valence-corrected chi connectivity index (χ4v) is 0.530. The number of aliphatic hydroxyl groups is 2. The average molecular weight is 179 g/mol. The number of rotatable bonds is 4. The second-order valence-electron chi connectivity index (χ2n) is 2.26. The molecule has 12 heavy (non-hydrogen) atoms. The van der Waals surface area contributed by atoms with Crippen LogP contribution in [0.5, 0.6) is 0 Å². The molecule has 0 aliphatic carbocycles. The van der Waals surface area contributed by atoms with Gasteiger partial charge in [-0.25, -0.2) is 0 Å². The Hall–Kier alpha value is -1.18. The third-order valence-corrected chi connectivity index (χ3v) is 1.18. The van der Waals surface area contributed by atoms with Gasteiger partial charge >= 0.3 is 11.9 Å². The maximum Gasteiger partial charge on any atom is 0.326 e. The Morgan fingerprint density at radius 2 is 1.75 bits per heavy atom. The molecule has 0 aromatic rings. The zero-order chi connectivity index (χ0) is 9.94. The highest BCUT2D eigenvalue weighted by molar-refractivity contribution is 5.76. The van der Waals surface area contributed by atoms with Crippen molar-refractivity contribution in [2.75, 3.05) is 0 Å². The van der Waals surface area contributed by atoms with Crippen LogP contribution in [0.1, 0.15) is 6.42 Å². The Balaban J connectivity index is 4.38. The molecule has 0 fully saturated rings. The highest BCUT2D eigenvalue weighted by atomic mass is 16.5. The van der Waals surface area contributed by atoms with Crippen LogP contribution in [0, 0.1) is 0 Å². The van der Waals surface area contributed by atoms with Crippen LogP contribution in [0.15, 0.2) is 0 Å². The third kappa shape index (κ3) is 2.82. The monoisotopic (exact) mass is 179 g/mol. The van der Waals surface area contributed by atoms with E-state index >= 15 is 0 Å². The van der Waals surface area contributed by atoms with Crippen molar-refractivity contribution in [1.82, 2.24) is 0 Å². The number of carboxylic acids is 2. The molecule has 0 amide bonds. The zero-order valence-electron chi connectivity index (χ0n) is 5.97. The van der Waals surface area contributed by atoms with Crippen molar-refractivity contribution in [2.24, 2.45) is 5.73 Å². The maximum atomic E-state index is 10.1. The van der Waals surface area contributed by atoms with Crippen LogP contribution < -0.4 is 5.73 Å². The third-order valence-electron chi connectivity index (χ3n) is 1.18. The minimum atomic E-state index is -2.92. The molecule has 0 aliphatic heterocycles. The molecule has 1 unspecified atom stereocenters. The van der Waals surface area contributed by atoms with Crippen molar-refractivity contribution in [3.05, 3.63) is 0 Å². The molecule has 1 atom stereocenters. The number of carbonyl (C=O) groups is 2. The molecule has 0 saturated heterocycles. The van der Waals surface area contributed by atoms with Gasteiger partial charge in [-0.05, 0) is 0 Å². The van der Waals surface area contributed by atoms with Crippen LogP contribution in [-0.4, -0.2) is 44.2 Å². The van der Waals surface area contributed by atoms with Gasteiger partial charge in [0.1, 0.15) is 6.42 Å². The molecular weight excluding hydrogens is 170 g/mol. The topological polar surface area (TPSA) is 141 Å². The Labute approximate surface area is 67.0 Å². The van der Waals surface area contributed by atoms with Crippen LogP contribution in [-0.2, 0) is 9.59 Å². The fraction of sp³-hybridized carbons (Fsp3) is 0.600.